The molecule has 1 heterocycles. The number of carbonyl (C=O) groups excluding carboxylic acids is 2. The Hall–Kier alpha value is -3.33. The number of carbonyl (C=O) groups is 2. The van der Waals surface area contributed by atoms with Crippen LogP contribution in [0.25, 0.3) is 10.2 Å². The van der Waals surface area contributed by atoms with E-state index in [-0.39, 0.29) is 16.4 Å². The lowest BCUT2D eigenvalue weighted by Crippen LogP contribution is -2.13. The SMILES string of the molecule is CCCCOC(=O)c1ccc2nc(NC(=O)c3ccccc3[N+](=O)[O-])sc2c1. The van der Waals surface area contributed by atoms with Crippen molar-refractivity contribution in [3.63, 3.8) is 0 Å². The normalized spacial score (nSPS) is 10.6. The minimum absolute atomic E-state index is 0.0491. The van der Waals surface area contributed by atoms with Crippen molar-refractivity contribution in [1.29, 1.82) is 0 Å². The first-order chi connectivity index (χ1) is 13.5. The Bertz CT molecular complexity index is 1050. The molecular weight excluding hydrogens is 382 g/mol. The fourth-order valence-corrected chi connectivity index (χ4v) is 3.39. The van der Waals surface area contributed by atoms with Gasteiger partial charge in [-0.2, -0.15) is 0 Å². The zero-order valence-corrected chi connectivity index (χ0v) is 15.8. The summed E-state index contributed by atoms with van der Waals surface area (Å²) in [6.07, 6.45) is 1.74. The average molecular weight is 399 g/mol. The Morgan fingerprint density at radius 3 is 2.79 bits per heavy atom. The molecule has 0 aliphatic heterocycles. The van der Waals surface area contributed by atoms with Gasteiger partial charge in [-0.15, -0.1) is 0 Å². The number of para-hydroxylation sites is 1. The first kappa shape index (κ1) is 19.4. The summed E-state index contributed by atoms with van der Waals surface area (Å²) in [4.78, 5) is 39.2. The number of nitro groups is 1. The molecule has 1 N–H and O–H groups in total. The van der Waals surface area contributed by atoms with Gasteiger partial charge in [-0.05, 0) is 30.7 Å². The molecule has 144 valence electrons. The van der Waals surface area contributed by atoms with E-state index in [9.17, 15) is 19.7 Å². The summed E-state index contributed by atoms with van der Waals surface area (Å²) in [6, 6.07) is 10.6. The Labute approximate surface area is 164 Å². The van der Waals surface area contributed by atoms with Crippen LogP contribution < -0.4 is 5.32 Å². The molecule has 0 aliphatic carbocycles. The zero-order chi connectivity index (χ0) is 20.1. The average Bonchev–Trinajstić information content (AvgIpc) is 3.09. The number of aromatic nitrogens is 1. The number of rotatable bonds is 7. The number of thiazole rings is 1. The van der Waals surface area contributed by atoms with Crippen molar-refractivity contribution in [3.05, 3.63) is 63.7 Å². The summed E-state index contributed by atoms with van der Waals surface area (Å²) in [6.45, 7) is 2.38. The molecule has 0 atom stereocenters. The van der Waals surface area contributed by atoms with Crippen molar-refractivity contribution in [3.8, 4) is 0 Å². The highest BCUT2D eigenvalue weighted by Gasteiger charge is 2.20. The van der Waals surface area contributed by atoms with Crippen LogP contribution in [0.1, 0.15) is 40.5 Å². The molecule has 0 spiro atoms. The quantitative estimate of drug-likeness (QED) is 0.272. The lowest BCUT2D eigenvalue weighted by atomic mass is 10.1. The third-order valence-corrected chi connectivity index (χ3v) is 4.85. The summed E-state index contributed by atoms with van der Waals surface area (Å²) in [7, 11) is 0. The van der Waals surface area contributed by atoms with Gasteiger partial charge in [-0.3, -0.25) is 20.2 Å². The van der Waals surface area contributed by atoms with E-state index in [2.05, 4.69) is 10.3 Å². The van der Waals surface area contributed by atoms with E-state index in [0.29, 0.717) is 22.4 Å². The molecule has 9 heteroatoms. The fraction of sp³-hybridized carbons (Fsp3) is 0.211. The molecule has 0 saturated carbocycles. The second-order valence-corrected chi connectivity index (χ2v) is 6.95. The highest BCUT2D eigenvalue weighted by Crippen LogP contribution is 2.28. The van der Waals surface area contributed by atoms with Gasteiger partial charge >= 0.3 is 5.97 Å². The van der Waals surface area contributed by atoms with Gasteiger partial charge in [-0.25, -0.2) is 9.78 Å². The zero-order valence-electron chi connectivity index (χ0n) is 15.0. The molecule has 28 heavy (non-hydrogen) atoms. The molecule has 1 amide bonds. The fourth-order valence-electron chi connectivity index (χ4n) is 2.49. The largest absolute Gasteiger partial charge is 0.462 e. The standard InChI is InChI=1S/C19H17N3O5S/c1-2-3-10-27-18(24)12-8-9-14-16(11-12)28-19(20-14)21-17(23)13-6-4-5-7-15(13)22(25)26/h4-9,11H,2-3,10H2,1H3,(H,20,21,23). The van der Waals surface area contributed by atoms with Gasteiger partial charge in [0.1, 0.15) is 5.56 Å². The van der Waals surface area contributed by atoms with Crippen molar-refractivity contribution in [2.24, 2.45) is 0 Å². The molecular formula is C19H17N3O5S. The van der Waals surface area contributed by atoms with Crippen LogP contribution in [0, 0.1) is 10.1 Å². The second kappa shape index (κ2) is 8.57. The third kappa shape index (κ3) is 4.32. The van der Waals surface area contributed by atoms with Gasteiger partial charge in [-0.1, -0.05) is 36.8 Å². The van der Waals surface area contributed by atoms with Crippen LogP contribution in [0.5, 0.6) is 0 Å². The topological polar surface area (TPSA) is 111 Å². The Morgan fingerprint density at radius 2 is 2.04 bits per heavy atom. The summed E-state index contributed by atoms with van der Waals surface area (Å²) in [5.74, 6) is -1.03. The number of anilines is 1. The number of amides is 1. The number of fused-ring (bicyclic) bond motifs is 1. The van der Waals surface area contributed by atoms with Crippen LogP contribution in [0.4, 0.5) is 10.8 Å². The molecule has 0 bridgehead atoms. The third-order valence-electron chi connectivity index (χ3n) is 3.92. The van der Waals surface area contributed by atoms with Crippen LogP contribution in [0.3, 0.4) is 0 Å². The number of hydrogen-bond acceptors (Lipinski definition) is 7. The Morgan fingerprint density at radius 1 is 1.25 bits per heavy atom. The molecule has 0 radical (unpaired) electrons. The van der Waals surface area contributed by atoms with E-state index in [0.717, 1.165) is 12.8 Å². The monoisotopic (exact) mass is 399 g/mol. The van der Waals surface area contributed by atoms with E-state index in [1.165, 1.54) is 29.5 Å². The molecule has 8 nitrogen and oxygen atoms in total. The highest BCUT2D eigenvalue weighted by molar-refractivity contribution is 7.22. The highest BCUT2D eigenvalue weighted by atomic mass is 32.1. The minimum Gasteiger partial charge on any atom is -0.462 e. The van der Waals surface area contributed by atoms with Gasteiger partial charge in [0, 0.05) is 6.07 Å². The summed E-state index contributed by atoms with van der Waals surface area (Å²) in [5, 5.41) is 14.0. The van der Waals surface area contributed by atoms with Crippen molar-refractivity contribution >= 4 is 44.2 Å². The number of benzene rings is 2. The van der Waals surface area contributed by atoms with Crippen LogP contribution >= 0.6 is 11.3 Å². The molecule has 3 rings (SSSR count). The molecule has 0 fully saturated rings. The number of unbranched alkanes of at least 4 members (excludes halogenated alkanes) is 1. The van der Waals surface area contributed by atoms with Gasteiger partial charge < -0.3 is 4.74 Å². The van der Waals surface area contributed by atoms with Crippen molar-refractivity contribution in [2.45, 2.75) is 19.8 Å². The second-order valence-electron chi connectivity index (χ2n) is 5.92. The molecule has 0 unspecified atom stereocenters. The lowest BCUT2D eigenvalue weighted by Gasteiger charge is -2.03. The first-order valence-corrected chi connectivity index (χ1v) is 9.43. The predicted octanol–water partition coefficient (Wildman–Crippen LogP) is 4.41. The summed E-state index contributed by atoms with van der Waals surface area (Å²) < 4.78 is 5.89. The van der Waals surface area contributed by atoms with E-state index >= 15 is 0 Å². The molecule has 1 aromatic heterocycles. The maximum Gasteiger partial charge on any atom is 0.338 e. The van der Waals surface area contributed by atoms with Crippen molar-refractivity contribution in [1.82, 2.24) is 4.98 Å². The summed E-state index contributed by atoms with van der Waals surface area (Å²) in [5.41, 5.74) is 0.682. The van der Waals surface area contributed by atoms with Gasteiger partial charge in [0.25, 0.3) is 11.6 Å². The van der Waals surface area contributed by atoms with Crippen LogP contribution in [0.15, 0.2) is 42.5 Å². The predicted molar refractivity (Wildman–Crippen MR) is 106 cm³/mol. The molecule has 0 aliphatic rings. The van der Waals surface area contributed by atoms with Crippen LogP contribution in [0.2, 0.25) is 0 Å². The number of esters is 1. The van der Waals surface area contributed by atoms with Gasteiger partial charge in [0.15, 0.2) is 5.13 Å². The number of ether oxygens (including phenoxy) is 1. The molecule has 3 aromatic rings. The first-order valence-electron chi connectivity index (χ1n) is 8.62. The number of hydrogen-bond donors (Lipinski definition) is 1. The number of nitrogens with one attached hydrogen (secondary N) is 1. The minimum atomic E-state index is -0.620. The number of nitro benzene ring substituents is 1. The van der Waals surface area contributed by atoms with Gasteiger partial charge in [0.05, 0.1) is 27.3 Å². The van der Waals surface area contributed by atoms with Gasteiger partial charge in [0.2, 0.25) is 0 Å². The number of nitrogens with zero attached hydrogens (tertiary/aromatic N) is 2. The maximum absolute atomic E-state index is 12.4. The van der Waals surface area contributed by atoms with E-state index in [4.69, 9.17) is 4.74 Å². The summed E-state index contributed by atoms with van der Waals surface area (Å²) >= 11 is 1.17. The maximum atomic E-state index is 12.4. The van der Waals surface area contributed by atoms with E-state index < -0.39 is 16.8 Å². The Kier molecular flexibility index (Phi) is 5.95. The Balaban J connectivity index is 1.79. The molecule has 0 saturated heterocycles. The lowest BCUT2D eigenvalue weighted by molar-refractivity contribution is -0.385. The molecule has 2 aromatic carbocycles. The van der Waals surface area contributed by atoms with E-state index in [1.54, 1.807) is 24.3 Å². The van der Waals surface area contributed by atoms with E-state index in [1.807, 2.05) is 6.92 Å². The van der Waals surface area contributed by atoms with Crippen LogP contribution in [-0.2, 0) is 4.74 Å². The van der Waals surface area contributed by atoms with Crippen molar-refractivity contribution < 1.29 is 19.2 Å². The smallest absolute Gasteiger partial charge is 0.338 e. The van der Waals surface area contributed by atoms with Crippen molar-refractivity contribution in [2.75, 3.05) is 11.9 Å². The van der Waals surface area contributed by atoms with Crippen LogP contribution in [-0.4, -0.2) is 28.4 Å².